The first-order valence-corrected chi connectivity index (χ1v) is 12.1. The maximum Gasteiger partial charge on any atom is 0.337 e. The number of nitrogens with one attached hydrogen (secondary N) is 2. The molecule has 1 aliphatic rings. The van der Waals surface area contributed by atoms with Crippen molar-refractivity contribution in [2.45, 2.75) is 0 Å². The number of nitrogens with zero attached hydrogens (tertiary/aromatic N) is 1. The van der Waals surface area contributed by atoms with Crippen LogP contribution in [0.15, 0.2) is 53.0 Å². The van der Waals surface area contributed by atoms with Crippen LogP contribution in [0.1, 0.15) is 20.7 Å². The number of ether oxygens (including phenoxy) is 3. The van der Waals surface area contributed by atoms with E-state index >= 15 is 0 Å². The van der Waals surface area contributed by atoms with Crippen LogP contribution in [0.2, 0.25) is 0 Å². The van der Waals surface area contributed by atoms with Crippen LogP contribution in [0.4, 0.5) is 11.4 Å². The highest BCUT2D eigenvalue weighted by Crippen LogP contribution is 2.36. The molecule has 1 aliphatic heterocycles. The zero-order valence-electron chi connectivity index (χ0n) is 19.2. The van der Waals surface area contributed by atoms with E-state index in [0.29, 0.717) is 53.3 Å². The molecule has 0 spiro atoms. The van der Waals surface area contributed by atoms with Gasteiger partial charge < -0.3 is 24.4 Å². The summed E-state index contributed by atoms with van der Waals surface area (Å²) in [6, 6.07) is 14.6. The molecular formula is C25H24BrN3O5S. The summed E-state index contributed by atoms with van der Waals surface area (Å²) in [6.07, 6.45) is 0. The van der Waals surface area contributed by atoms with Crippen molar-refractivity contribution in [3.05, 3.63) is 64.1 Å². The molecule has 0 atom stereocenters. The van der Waals surface area contributed by atoms with E-state index < -0.39 is 11.9 Å². The molecule has 0 aromatic heterocycles. The summed E-state index contributed by atoms with van der Waals surface area (Å²) >= 11 is 9.01. The Kier molecular flexibility index (Phi) is 7.84. The highest BCUT2D eigenvalue weighted by atomic mass is 79.9. The number of esters is 1. The summed E-state index contributed by atoms with van der Waals surface area (Å²) in [5.41, 5.74) is 2.11. The molecule has 1 amide bonds. The summed E-state index contributed by atoms with van der Waals surface area (Å²) < 4.78 is 16.5. The van der Waals surface area contributed by atoms with Gasteiger partial charge in [0.05, 0.1) is 54.4 Å². The molecule has 1 saturated heterocycles. The van der Waals surface area contributed by atoms with Gasteiger partial charge in [-0.1, -0.05) is 24.3 Å². The lowest BCUT2D eigenvalue weighted by molar-refractivity contribution is 0.0600. The number of hydrogen-bond acceptors (Lipinski definition) is 7. The third-order valence-electron chi connectivity index (χ3n) is 5.63. The minimum Gasteiger partial charge on any atom is -0.495 e. The van der Waals surface area contributed by atoms with Gasteiger partial charge in [0.2, 0.25) is 0 Å². The zero-order valence-corrected chi connectivity index (χ0v) is 21.6. The largest absolute Gasteiger partial charge is 0.495 e. The Bertz CT molecular complexity index is 1290. The Morgan fingerprint density at radius 3 is 2.54 bits per heavy atom. The van der Waals surface area contributed by atoms with Crippen molar-refractivity contribution in [2.75, 3.05) is 50.7 Å². The zero-order chi connectivity index (χ0) is 24.9. The van der Waals surface area contributed by atoms with Crippen LogP contribution < -0.4 is 20.3 Å². The highest BCUT2D eigenvalue weighted by Gasteiger charge is 2.21. The monoisotopic (exact) mass is 557 g/mol. The predicted octanol–water partition coefficient (Wildman–Crippen LogP) is 4.36. The molecular weight excluding hydrogens is 534 g/mol. The number of carbonyl (C=O) groups excluding carboxylic acids is 2. The normalized spacial score (nSPS) is 13.3. The number of fused-ring (bicyclic) bond motifs is 1. The summed E-state index contributed by atoms with van der Waals surface area (Å²) in [4.78, 5) is 27.4. The van der Waals surface area contributed by atoms with Gasteiger partial charge in [-0.2, -0.15) is 0 Å². The average molecular weight is 558 g/mol. The molecule has 0 aliphatic carbocycles. The summed E-state index contributed by atoms with van der Waals surface area (Å²) in [7, 11) is 2.83. The lowest BCUT2D eigenvalue weighted by atomic mass is 10.1. The molecule has 8 nitrogen and oxygen atoms in total. The molecule has 3 aromatic rings. The van der Waals surface area contributed by atoms with Crippen LogP contribution in [0.5, 0.6) is 5.75 Å². The first kappa shape index (κ1) is 24.9. The van der Waals surface area contributed by atoms with Crippen LogP contribution in [0.3, 0.4) is 0 Å². The van der Waals surface area contributed by atoms with Crippen molar-refractivity contribution in [3.63, 3.8) is 0 Å². The number of hydrogen-bond donors (Lipinski definition) is 2. The van der Waals surface area contributed by atoms with Gasteiger partial charge in [-0.3, -0.25) is 10.1 Å². The summed E-state index contributed by atoms with van der Waals surface area (Å²) in [5.74, 6) is -0.490. The van der Waals surface area contributed by atoms with E-state index in [9.17, 15) is 9.59 Å². The molecule has 0 radical (unpaired) electrons. The van der Waals surface area contributed by atoms with E-state index in [2.05, 4.69) is 31.5 Å². The van der Waals surface area contributed by atoms with Gasteiger partial charge in [0.15, 0.2) is 5.11 Å². The number of thiocarbonyl (C=S) groups is 1. The molecule has 35 heavy (non-hydrogen) atoms. The number of benzene rings is 3. The predicted molar refractivity (Wildman–Crippen MR) is 143 cm³/mol. The first-order chi connectivity index (χ1) is 16.9. The number of halogens is 1. The van der Waals surface area contributed by atoms with Crippen molar-refractivity contribution in [1.82, 2.24) is 5.32 Å². The van der Waals surface area contributed by atoms with E-state index in [0.717, 1.165) is 16.5 Å². The standard InChI is InChI=1S/C25H24BrN3O5S/c1-32-22-18(13-15-5-3-4-6-17(15)21(22)26)23(30)28-25(35)27-19-14-16(24(31)33-2)7-8-20(19)29-9-11-34-12-10-29/h3-8,13-14H,9-12H2,1-2H3,(H2,27,28,30,35). The summed E-state index contributed by atoms with van der Waals surface area (Å²) in [6.45, 7) is 2.56. The van der Waals surface area contributed by atoms with Crippen molar-refractivity contribution >= 4 is 67.3 Å². The minimum atomic E-state index is -0.470. The number of rotatable bonds is 5. The molecule has 4 rings (SSSR count). The second-order valence-corrected chi connectivity index (χ2v) is 8.92. The second kappa shape index (κ2) is 11.0. The van der Waals surface area contributed by atoms with Crippen LogP contribution in [0.25, 0.3) is 10.8 Å². The Balaban J connectivity index is 1.60. The van der Waals surface area contributed by atoms with Gasteiger partial charge in [0.25, 0.3) is 5.91 Å². The fourth-order valence-electron chi connectivity index (χ4n) is 3.94. The molecule has 0 saturated carbocycles. The third-order valence-corrected chi connectivity index (χ3v) is 6.63. The fraction of sp³-hybridized carbons (Fsp3) is 0.240. The molecule has 2 N–H and O–H groups in total. The minimum absolute atomic E-state index is 0.0814. The molecule has 1 heterocycles. The van der Waals surface area contributed by atoms with E-state index in [4.69, 9.17) is 26.4 Å². The van der Waals surface area contributed by atoms with Gasteiger partial charge in [-0.25, -0.2) is 4.79 Å². The number of carbonyl (C=O) groups is 2. The van der Waals surface area contributed by atoms with E-state index in [1.807, 2.05) is 30.3 Å². The topological polar surface area (TPSA) is 89.1 Å². The molecule has 1 fully saturated rings. The smallest absolute Gasteiger partial charge is 0.337 e. The molecule has 0 unspecified atom stereocenters. The van der Waals surface area contributed by atoms with Gasteiger partial charge in [0, 0.05) is 13.1 Å². The summed E-state index contributed by atoms with van der Waals surface area (Å²) in [5, 5.41) is 7.69. The van der Waals surface area contributed by atoms with Crippen LogP contribution in [-0.2, 0) is 9.47 Å². The van der Waals surface area contributed by atoms with Crippen molar-refractivity contribution < 1.29 is 23.8 Å². The SMILES string of the molecule is COC(=O)c1ccc(N2CCOCC2)c(NC(=S)NC(=O)c2cc3ccccc3c(Br)c2OC)c1. The number of morpholine rings is 1. The number of anilines is 2. The molecule has 3 aromatic carbocycles. The second-order valence-electron chi connectivity index (χ2n) is 7.72. The van der Waals surface area contributed by atoms with Crippen LogP contribution in [0, 0.1) is 0 Å². The van der Waals surface area contributed by atoms with E-state index in [-0.39, 0.29) is 5.11 Å². The van der Waals surface area contributed by atoms with Crippen molar-refractivity contribution in [1.29, 1.82) is 0 Å². The van der Waals surface area contributed by atoms with Crippen LogP contribution >= 0.6 is 28.1 Å². The van der Waals surface area contributed by atoms with Crippen LogP contribution in [-0.4, -0.2) is 57.5 Å². The lowest BCUT2D eigenvalue weighted by Gasteiger charge is -2.31. The molecule has 182 valence electrons. The van der Waals surface area contributed by atoms with Gasteiger partial charge in [-0.15, -0.1) is 0 Å². The quantitative estimate of drug-likeness (QED) is 0.353. The third kappa shape index (κ3) is 5.39. The lowest BCUT2D eigenvalue weighted by Crippen LogP contribution is -2.38. The highest BCUT2D eigenvalue weighted by molar-refractivity contribution is 9.10. The molecule has 0 bridgehead atoms. The average Bonchev–Trinajstić information content (AvgIpc) is 2.88. The van der Waals surface area contributed by atoms with E-state index in [1.165, 1.54) is 14.2 Å². The maximum atomic E-state index is 13.2. The van der Waals surface area contributed by atoms with Gasteiger partial charge >= 0.3 is 5.97 Å². The first-order valence-electron chi connectivity index (χ1n) is 10.9. The molecule has 10 heteroatoms. The Morgan fingerprint density at radius 2 is 1.83 bits per heavy atom. The fourth-order valence-corrected chi connectivity index (χ4v) is 4.88. The Labute approximate surface area is 216 Å². The van der Waals surface area contributed by atoms with Gasteiger partial charge in [-0.05, 0) is 63.2 Å². The Hall–Kier alpha value is -3.21. The number of methoxy groups -OCH3 is 2. The van der Waals surface area contributed by atoms with Gasteiger partial charge in [0.1, 0.15) is 5.75 Å². The Morgan fingerprint density at radius 1 is 1.09 bits per heavy atom. The van der Waals surface area contributed by atoms with Crippen molar-refractivity contribution in [3.8, 4) is 5.75 Å². The van der Waals surface area contributed by atoms with E-state index in [1.54, 1.807) is 18.2 Å². The number of amides is 1. The van der Waals surface area contributed by atoms with Crippen molar-refractivity contribution in [2.24, 2.45) is 0 Å². The maximum absolute atomic E-state index is 13.2.